The van der Waals surface area contributed by atoms with Crippen molar-refractivity contribution in [2.45, 2.75) is 13.3 Å². The summed E-state index contributed by atoms with van der Waals surface area (Å²) in [5.74, 6) is -0.259. The molecule has 0 aliphatic heterocycles. The molecule has 0 saturated heterocycles. The van der Waals surface area contributed by atoms with Crippen molar-refractivity contribution in [3.05, 3.63) is 88.4 Å². The van der Waals surface area contributed by atoms with Crippen molar-refractivity contribution in [3.8, 4) is 17.2 Å². The maximum Gasteiger partial charge on any atom is 0.343 e. The fraction of sp³-hybridized carbons (Fsp3) is 0.185. The molecule has 192 valence electrons. The Hall–Kier alpha value is -4.37. The van der Waals surface area contributed by atoms with Crippen LogP contribution in [0.4, 0.5) is 0 Å². The Morgan fingerprint density at radius 2 is 1.65 bits per heavy atom. The van der Waals surface area contributed by atoms with Crippen LogP contribution in [0.3, 0.4) is 0 Å². The highest BCUT2D eigenvalue weighted by atomic mass is 35.5. The van der Waals surface area contributed by atoms with Gasteiger partial charge in [0.2, 0.25) is 0 Å². The Morgan fingerprint density at radius 1 is 0.946 bits per heavy atom. The predicted octanol–water partition coefficient (Wildman–Crippen LogP) is 4.24. The number of hydrogen-bond donors (Lipinski definition) is 2. The van der Waals surface area contributed by atoms with Gasteiger partial charge in [-0.25, -0.2) is 10.2 Å². The van der Waals surface area contributed by atoms with Crippen LogP contribution in [-0.2, 0) is 4.79 Å². The third-order valence-corrected chi connectivity index (χ3v) is 5.12. The summed E-state index contributed by atoms with van der Waals surface area (Å²) >= 11 is 5.80. The Balaban J connectivity index is 1.52. The number of hydrogen-bond acceptors (Lipinski definition) is 7. The molecule has 0 radical (unpaired) electrons. The van der Waals surface area contributed by atoms with Crippen molar-refractivity contribution in [1.29, 1.82) is 0 Å². The number of carbonyl (C=O) groups is 3. The second-order valence-corrected chi connectivity index (χ2v) is 8.09. The molecule has 0 bridgehead atoms. The summed E-state index contributed by atoms with van der Waals surface area (Å²) in [5, 5.41) is 6.88. The number of nitrogens with one attached hydrogen (secondary N) is 2. The largest absolute Gasteiger partial charge is 0.494 e. The number of methoxy groups -OCH3 is 1. The van der Waals surface area contributed by atoms with Crippen molar-refractivity contribution >= 4 is 35.6 Å². The van der Waals surface area contributed by atoms with Crippen LogP contribution in [0.5, 0.6) is 17.2 Å². The molecular weight excluding hydrogens is 498 g/mol. The summed E-state index contributed by atoms with van der Waals surface area (Å²) in [6, 6.07) is 17.8. The van der Waals surface area contributed by atoms with Gasteiger partial charge < -0.3 is 19.5 Å². The van der Waals surface area contributed by atoms with Crippen LogP contribution in [0.25, 0.3) is 0 Å². The highest BCUT2D eigenvalue weighted by molar-refractivity contribution is 6.30. The Labute approximate surface area is 219 Å². The lowest BCUT2D eigenvalue weighted by molar-refractivity contribution is -0.120. The Morgan fingerprint density at radius 3 is 2.32 bits per heavy atom. The normalized spacial score (nSPS) is 10.6. The van der Waals surface area contributed by atoms with Crippen molar-refractivity contribution < 1.29 is 28.6 Å². The molecule has 0 aliphatic rings. The molecule has 2 N–H and O–H groups in total. The number of hydrazone groups is 1. The maximum absolute atomic E-state index is 12.5. The molecule has 37 heavy (non-hydrogen) atoms. The number of amides is 2. The highest BCUT2D eigenvalue weighted by Crippen LogP contribution is 2.28. The van der Waals surface area contributed by atoms with E-state index in [1.807, 2.05) is 6.92 Å². The van der Waals surface area contributed by atoms with E-state index >= 15 is 0 Å². The Bertz CT molecular complexity index is 1260. The topological polar surface area (TPSA) is 115 Å². The van der Waals surface area contributed by atoms with Crippen LogP contribution >= 0.6 is 11.6 Å². The van der Waals surface area contributed by atoms with Crippen LogP contribution in [0, 0.1) is 0 Å². The first-order valence-electron chi connectivity index (χ1n) is 11.4. The maximum atomic E-state index is 12.5. The van der Waals surface area contributed by atoms with E-state index in [0.29, 0.717) is 39.8 Å². The first-order chi connectivity index (χ1) is 17.9. The van der Waals surface area contributed by atoms with Gasteiger partial charge in [-0.3, -0.25) is 9.59 Å². The van der Waals surface area contributed by atoms with E-state index in [1.165, 1.54) is 13.3 Å². The van der Waals surface area contributed by atoms with E-state index in [0.717, 1.165) is 6.42 Å². The first kappa shape index (κ1) is 27.2. The van der Waals surface area contributed by atoms with E-state index < -0.39 is 17.8 Å². The fourth-order valence-corrected chi connectivity index (χ4v) is 3.12. The zero-order valence-corrected chi connectivity index (χ0v) is 21.1. The smallest absolute Gasteiger partial charge is 0.343 e. The molecule has 3 rings (SSSR count). The first-order valence-corrected chi connectivity index (χ1v) is 11.8. The van der Waals surface area contributed by atoms with Crippen LogP contribution in [-0.4, -0.2) is 44.3 Å². The van der Waals surface area contributed by atoms with Gasteiger partial charge in [0.15, 0.2) is 11.5 Å². The summed E-state index contributed by atoms with van der Waals surface area (Å²) < 4.78 is 16.3. The molecule has 0 spiro atoms. The van der Waals surface area contributed by atoms with Gasteiger partial charge in [0.1, 0.15) is 5.75 Å². The molecule has 3 aromatic carbocycles. The standard InChI is InChI=1S/C27H26ClN3O6/c1-3-14-36-22-11-7-20(8-12-22)27(34)37-23-13-4-18(15-24(23)35-2)16-30-31-25(32)17-29-26(33)19-5-9-21(28)10-6-19/h4-13,15-16H,3,14,17H2,1-2H3,(H,29,33)(H,31,32). The zero-order chi connectivity index (χ0) is 26.6. The predicted molar refractivity (Wildman–Crippen MR) is 140 cm³/mol. The molecule has 10 heteroatoms. The molecule has 0 aromatic heterocycles. The number of rotatable bonds is 11. The minimum atomic E-state index is -0.547. The highest BCUT2D eigenvalue weighted by Gasteiger charge is 2.13. The van der Waals surface area contributed by atoms with Gasteiger partial charge in [-0.05, 0) is 78.7 Å². The summed E-state index contributed by atoms with van der Waals surface area (Å²) in [7, 11) is 1.44. The molecule has 0 aliphatic carbocycles. The lowest BCUT2D eigenvalue weighted by Crippen LogP contribution is -2.34. The SMILES string of the molecule is CCCOc1ccc(C(=O)Oc2ccc(C=NNC(=O)CNC(=O)c3ccc(Cl)cc3)cc2OC)cc1. The van der Waals surface area contributed by atoms with Crippen LogP contribution in [0.15, 0.2) is 71.8 Å². The van der Waals surface area contributed by atoms with Gasteiger partial charge >= 0.3 is 5.97 Å². The molecule has 0 fully saturated rings. The van der Waals surface area contributed by atoms with Gasteiger partial charge in [-0.2, -0.15) is 5.10 Å². The number of benzene rings is 3. The Kier molecular flexibility index (Phi) is 10.0. The summed E-state index contributed by atoms with van der Waals surface area (Å²) in [5.41, 5.74) is 3.66. The van der Waals surface area contributed by atoms with Crippen molar-refractivity contribution in [3.63, 3.8) is 0 Å². The third-order valence-electron chi connectivity index (χ3n) is 4.87. The van der Waals surface area contributed by atoms with Crippen molar-refractivity contribution in [1.82, 2.24) is 10.7 Å². The van der Waals surface area contributed by atoms with Crippen LogP contribution < -0.4 is 25.0 Å². The molecule has 3 aromatic rings. The average molecular weight is 524 g/mol. The van der Waals surface area contributed by atoms with E-state index in [2.05, 4.69) is 15.8 Å². The van der Waals surface area contributed by atoms with E-state index in [-0.39, 0.29) is 12.3 Å². The lowest BCUT2D eigenvalue weighted by atomic mass is 10.2. The second-order valence-electron chi connectivity index (χ2n) is 7.66. The number of ether oxygens (including phenoxy) is 3. The van der Waals surface area contributed by atoms with Crippen molar-refractivity contribution in [2.24, 2.45) is 5.10 Å². The molecule has 9 nitrogen and oxygen atoms in total. The number of carbonyl (C=O) groups excluding carboxylic acids is 3. The summed E-state index contributed by atoms with van der Waals surface area (Å²) in [6.07, 6.45) is 2.28. The lowest BCUT2D eigenvalue weighted by Gasteiger charge is -2.10. The van der Waals surface area contributed by atoms with Gasteiger partial charge in [0.05, 0.1) is 32.0 Å². The molecule has 0 saturated carbocycles. The molecule has 0 unspecified atom stereocenters. The quantitative estimate of drug-likeness (QED) is 0.168. The van der Waals surface area contributed by atoms with Crippen LogP contribution in [0.2, 0.25) is 5.02 Å². The van der Waals surface area contributed by atoms with E-state index in [1.54, 1.807) is 66.7 Å². The molecule has 0 heterocycles. The fourth-order valence-electron chi connectivity index (χ4n) is 3.00. The summed E-state index contributed by atoms with van der Waals surface area (Å²) in [6.45, 7) is 2.35. The van der Waals surface area contributed by atoms with E-state index in [4.69, 9.17) is 25.8 Å². The van der Waals surface area contributed by atoms with Crippen molar-refractivity contribution in [2.75, 3.05) is 20.3 Å². The number of esters is 1. The van der Waals surface area contributed by atoms with Gasteiger partial charge in [0, 0.05) is 10.6 Å². The minimum Gasteiger partial charge on any atom is -0.494 e. The zero-order valence-electron chi connectivity index (χ0n) is 20.3. The van der Waals surface area contributed by atoms with E-state index in [9.17, 15) is 14.4 Å². The van der Waals surface area contributed by atoms with Crippen LogP contribution in [0.1, 0.15) is 39.6 Å². The minimum absolute atomic E-state index is 0.227. The molecular formula is C27H26ClN3O6. The third kappa shape index (κ3) is 8.36. The number of halogens is 1. The second kappa shape index (κ2) is 13.6. The van der Waals surface area contributed by atoms with Gasteiger partial charge in [0.25, 0.3) is 11.8 Å². The molecule has 2 amide bonds. The monoisotopic (exact) mass is 523 g/mol. The summed E-state index contributed by atoms with van der Waals surface area (Å²) in [4.78, 5) is 36.6. The average Bonchev–Trinajstić information content (AvgIpc) is 2.91. The molecule has 0 atom stereocenters. The van der Waals surface area contributed by atoms with Gasteiger partial charge in [-0.15, -0.1) is 0 Å². The number of nitrogens with zero attached hydrogens (tertiary/aromatic N) is 1. The van der Waals surface area contributed by atoms with Gasteiger partial charge in [-0.1, -0.05) is 18.5 Å².